The molecule has 4 rings (SSSR count). The highest BCUT2D eigenvalue weighted by molar-refractivity contribution is 7.88. The molecule has 2 atom stereocenters. The van der Waals surface area contributed by atoms with Crippen LogP contribution in [0.5, 0.6) is 0 Å². The molecule has 27 heavy (non-hydrogen) atoms. The Balaban J connectivity index is 1.63. The van der Waals surface area contributed by atoms with Gasteiger partial charge in [0.15, 0.2) is 0 Å². The first-order valence-corrected chi connectivity index (χ1v) is 10.6. The van der Waals surface area contributed by atoms with Gasteiger partial charge in [-0.2, -0.15) is 0 Å². The van der Waals surface area contributed by atoms with Gasteiger partial charge in [0.25, 0.3) is 11.5 Å². The number of rotatable bonds is 3. The Kier molecular flexibility index (Phi) is 4.35. The average Bonchev–Trinajstić information content (AvgIpc) is 2.64. The first-order chi connectivity index (χ1) is 12.8. The van der Waals surface area contributed by atoms with Gasteiger partial charge in [0.1, 0.15) is 5.69 Å². The second kappa shape index (κ2) is 6.58. The zero-order valence-corrected chi connectivity index (χ0v) is 15.6. The molecule has 1 amide bonds. The summed E-state index contributed by atoms with van der Waals surface area (Å²) >= 11 is 0. The summed E-state index contributed by atoms with van der Waals surface area (Å²) in [6.07, 6.45) is 5.12. The summed E-state index contributed by atoms with van der Waals surface area (Å²) in [5, 5.41) is 2.67. The van der Waals surface area contributed by atoms with E-state index < -0.39 is 10.0 Å². The highest BCUT2D eigenvalue weighted by Gasteiger charge is 2.37. The number of hydrogen-bond donors (Lipinski definition) is 1. The maximum atomic E-state index is 12.9. The molecule has 0 radical (unpaired) electrons. The van der Waals surface area contributed by atoms with Crippen LogP contribution >= 0.6 is 0 Å². The van der Waals surface area contributed by atoms with Gasteiger partial charge in [0, 0.05) is 49.2 Å². The lowest BCUT2D eigenvalue weighted by atomic mass is 9.84. The van der Waals surface area contributed by atoms with E-state index in [1.807, 2.05) is 6.07 Å². The Morgan fingerprint density at radius 2 is 1.89 bits per heavy atom. The molecular formula is C18H20N4O4S. The smallest absolute Gasteiger partial charge is 0.274 e. The Bertz CT molecular complexity index is 1050. The first kappa shape index (κ1) is 17.9. The molecule has 2 aliphatic rings. The Labute approximate surface area is 156 Å². The van der Waals surface area contributed by atoms with Gasteiger partial charge in [0.2, 0.25) is 10.0 Å². The van der Waals surface area contributed by atoms with Crippen LogP contribution in [0.3, 0.4) is 0 Å². The molecule has 0 aromatic carbocycles. The molecule has 2 aliphatic heterocycles. The van der Waals surface area contributed by atoms with Crippen LogP contribution < -0.4 is 10.9 Å². The van der Waals surface area contributed by atoms with Crippen LogP contribution in [0.15, 0.2) is 41.5 Å². The molecule has 1 saturated heterocycles. The minimum Gasteiger partial charge on any atom is -0.317 e. The molecule has 1 fully saturated rings. The summed E-state index contributed by atoms with van der Waals surface area (Å²) in [6, 6.07) is 6.58. The maximum Gasteiger partial charge on any atom is 0.274 e. The van der Waals surface area contributed by atoms with Gasteiger partial charge in [-0.15, -0.1) is 0 Å². The number of hydrogen-bond acceptors (Lipinski definition) is 5. The van der Waals surface area contributed by atoms with Crippen molar-refractivity contribution in [2.24, 2.45) is 5.92 Å². The summed E-state index contributed by atoms with van der Waals surface area (Å²) in [5.74, 6) is -0.283. The topological polar surface area (TPSA) is 101 Å². The molecule has 0 aliphatic carbocycles. The Morgan fingerprint density at radius 1 is 1.15 bits per heavy atom. The van der Waals surface area contributed by atoms with E-state index in [2.05, 4.69) is 10.3 Å². The third-order valence-electron chi connectivity index (χ3n) is 5.23. The molecule has 1 N–H and O–H groups in total. The number of piperidine rings is 1. The van der Waals surface area contributed by atoms with E-state index in [1.165, 1.54) is 23.0 Å². The van der Waals surface area contributed by atoms with Crippen molar-refractivity contribution in [1.82, 2.24) is 13.9 Å². The fraction of sp³-hybridized carbons (Fsp3) is 0.389. The second-order valence-corrected chi connectivity index (χ2v) is 9.14. The van der Waals surface area contributed by atoms with Crippen LogP contribution in [0.25, 0.3) is 0 Å². The molecule has 8 nitrogen and oxygen atoms in total. The molecule has 2 aromatic heterocycles. The van der Waals surface area contributed by atoms with Gasteiger partial charge in [-0.3, -0.25) is 14.6 Å². The van der Waals surface area contributed by atoms with E-state index in [0.717, 1.165) is 12.1 Å². The quantitative estimate of drug-likeness (QED) is 0.841. The van der Waals surface area contributed by atoms with E-state index in [9.17, 15) is 18.0 Å². The zero-order valence-electron chi connectivity index (χ0n) is 14.8. The van der Waals surface area contributed by atoms with Crippen molar-refractivity contribution in [2.75, 3.05) is 24.7 Å². The van der Waals surface area contributed by atoms with Crippen molar-refractivity contribution in [1.29, 1.82) is 0 Å². The van der Waals surface area contributed by atoms with Crippen LogP contribution in [0, 0.1) is 5.92 Å². The van der Waals surface area contributed by atoms with Crippen LogP contribution in [0.4, 0.5) is 5.69 Å². The standard InChI is InChI=1S/C18H20N4O4S/c1-27(25,26)21-9-12-8-14(11-21)16-3-2-15(18(24)22(16)10-12)20-17(23)13-4-6-19-7-5-13/h2-7,12,14H,8-11H2,1H3,(H,20,23). The van der Waals surface area contributed by atoms with Gasteiger partial charge in [-0.25, -0.2) is 12.7 Å². The zero-order chi connectivity index (χ0) is 19.2. The molecule has 0 saturated carbocycles. The van der Waals surface area contributed by atoms with E-state index in [-0.39, 0.29) is 29.0 Å². The average molecular weight is 388 g/mol. The minimum absolute atomic E-state index is 0.00938. The molecular weight excluding hydrogens is 368 g/mol. The van der Waals surface area contributed by atoms with Crippen LogP contribution in [0.1, 0.15) is 28.4 Å². The predicted octanol–water partition coefficient (Wildman–Crippen LogP) is 0.874. The summed E-state index contributed by atoms with van der Waals surface area (Å²) in [5.41, 5.74) is 1.22. The molecule has 2 unspecified atom stereocenters. The third kappa shape index (κ3) is 3.40. The van der Waals surface area contributed by atoms with Gasteiger partial charge in [-0.05, 0) is 36.6 Å². The number of carbonyl (C=O) groups excluding carboxylic acids is 1. The van der Waals surface area contributed by atoms with Crippen molar-refractivity contribution in [3.8, 4) is 0 Å². The van der Waals surface area contributed by atoms with E-state index in [1.54, 1.807) is 22.8 Å². The number of carbonyl (C=O) groups is 1. The molecule has 2 aromatic rings. The Morgan fingerprint density at radius 3 is 2.59 bits per heavy atom. The number of nitrogens with one attached hydrogen (secondary N) is 1. The SMILES string of the molecule is CS(=O)(=O)N1CC2CC(C1)c1ccc(NC(=O)c3ccncc3)c(=O)n1C2. The van der Waals surface area contributed by atoms with E-state index >= 15 is 0 Å². The van der Waals surface area contributed by atoms with Crippen molar-refractivity contribution in [2.45, 2.75) is 18.9 Å². The fourth-order valence-electron chi connectivity index (χ4n) is 3.97. The normalized spacial score (nSPS) is 22.1. The second-order valence-electron chi connectivity index (χ2n) is 7.16. The summed E-state index contributed by atoms with van der Waals surface area (Å²) in [4.78, 5) is 29.1. The molecule has 2 bridgehead atoms. The number of aromatic nitrogens is 2. The van der Waals surface area contributed by atoms with Gasteiger partial charge < -0.3 is 9.88 Å². The monoisotopic (exact) mass is 388 g/mol. The minimum atomic E-state index is -3.25. The van der Waals surface area contributed by atoms with Crippen molar-refractivity contribution < 1.29 is 13.2 Å². The number of anilines is 1. The van der Waals surface area contributed by atoms with E-state index in [4.69, 9.17) is 0 Å². The lowest BCUT2D eigenvalue weighted by Crippen LogP contribution is -2.49. The summed E-state index contributed by atoms with van der Waals surface area (Å²) in [7, 11) is -3.25. The van der Waals surface area contributed by atoms with Crippen LogP contribution in [0.2, 0.25) is 0 Å². The van der Waals surface area contributed by atoms with E-state index in [0.29, 0.717) is 25.2 Å². The lowest BCUT2D eigenvalue weighted by molar-refractivity contribution is 0.102. The molecule has 9 heteroatoms. The van der Waals surface area contributed by atoms with Gasteiger partial charge in [0.05, 0.1) is 6.26 Å². The van der Waals surface area contributed by atoms with Crippen molar-refractivity contribution >= 4 is 21.6 Å². The molecule has 142 valence electrons. The van der Waals surface area contributed by atoms with Crippen LogP contribution in [-0.4, -0.2) is 47.5 Å². The first-order valence-electron chi connectivity index (χ1n) is 8.73. The van der Waals surface area contributed by atoms with Gasteiger partial charge in [-0.1, -0.05) is 0 Å². The number of pyridine rings is 2. The number of amides is 1. The van der Waals surface area contributed by atoms with Gasteiger partial charge >= 0.3 is 0 Å². The Hall–Kier alpha value is -2.52. The van der Waals surface area contributed by atoms with Crippen molar-refractivity contribution in [3.63, 3.8) is 0 Å². The number of fused-ring (bicyclic) bond motifs is 4. The highest BCUT2D eigenvalue weighted by Crippen LogP contribution is 2.36. The lowest BCUT2D eigenvalue weighted by Gasteiger charge is -2.41. The summed E-state index contributed by atoms with van der Waals surface area (Å²) < 4.78 is 27.0. The maximum absolute atomic E-state index is 12.9. The molecule has 0 spiro atoms. The number of sulfonamides is 1. The fourth-order valence-corrected chi connectivity index (χ4v) is 4.90. The largest absolute Gasteiger partial charge is 0.317 e. The molecule has 4 heterocycles. The summed E-state index contributed by atoms with van der Waals surface area (Å²) in [6.45, 7) is 1.27. The third-order valence-corrected chi connectivity index (χ3v) is 6.47. The van der Waals surface area contributed by atoms with Crippen LogP contribution in [-0.2, 0) is 16.6 Å². The predicted molar refractivity (Wildman–Crippen MR) is 100 cm³/mol. The highest BCUT2D eigenvalue weighted by atomic mass is 32.2. The number of nitrogens with zero attached hydrogens (tertiary/aromatic N) is 3. The van der Waals surface area contributed by atoms with Crippen molar-refractivity contribution in [3.05, 3.63) is 58.3 Å².